The van der Waals surface area contributed by atoms with E-state index >= 15 is 0 Å². The van der Waals surface area contributed by atoms with Gasteiger partial charge in [0, 0.05) is 35.0 Å². The number of aromatic nitrogens is 1. The van der Waals surface area contributed by atoms with Crippen LogP contribution in [0.1, 0.15) is 20.8 Å². The third-order valence-electron chi connectivity index (χ3n) is 5.75. The van der Waals surface area contributed by atoms with Gasteiger partial charge in [0.05, 0.1) is 23.1 Å². The molecule has 0 unspecified atom stereocenters. The maximum Gasteiger partial charge on any atom is 0.339 e. The molecule has 11 heteroatoms. The van der Waals surface area contributed by atoms with Crippen molar-refractivity contribution in [1.29, 1.82) is 0 Å². The van der Waals surface area contributed by atoms with Crippen LogP contribution in [0.15, 0.2) is 69.7 Å². The first kappa shape index (κ1) is 24.0. The SMILES string of the molecule is COC(=O)c1ccccc1S(=O)(=O)N(Cc1cccs1)Cc1cc2cc3c(cc2[nH]c1=O)OCCO3. The van der Waals surface area contributed by atoms with E-state index in [4.69, 9.17) is 14.2 Å². The van der Waals surface area contributed by atoms with Gasteiger partial charge in [0.1, 0.15) is 13.2 Å². The molecule has 0 saturated heterocycles. The van der Waals surface area contributed by atoms with Crippen LogP contribution in [-0.2, 0) is 27.8 Å². The zero-order valence-electron chi connectivity index (χ0n) is 19.2. The Balaban J connectivity index is 1.58. The lowest BCUT2D eigenvalue weighted by atomic mass is 10.1. The van der Waals surface area contributed by atoms with Gasteiger partial charge in [-0.3, -0.25) is 4.79 Å². The number of esters is 1. The van der Waals surface area contributed by atoms with Crippen LogP contribution in [0.2, 0.25) is 0 Å². The van der Waals surface area contributed by atoms with Gasteiger partial charge in [-0.15, -0.1) is 11.3 Å². The smallest absolute Gasteiger partial charge is 0.339 e. The Kier molecular flexibility index (Phi) is 6.52. The van der Waals surface area contributed by atoms with Crippen molar-refractivity contribution in [2.75, 3.05) is 20.3 Å². The van der Waals surface area contributed by atoms with Gasteiger partial charge in [-0.25, -0.2) is 13.2 Å². The van der Waals surface area contributed by atoms with E-state index in [-0.39, 0.29) is 29.1 Å². The lowest BCUT2D eigenvalue weighted by molar-refractivity contribution is 0.0596. The quantitative estimate of drug-likeness (QED) is 0.366. The third kappa shape index (κ3) is 4.60. The average Bonchev–Trinajstić information content (AvgIpc) is 3.40. The predicted molar refractivity (Wildman–Crippen MR) is 134 cm³/mol. The largest absolute Gasteiger partial charge is 0.486 e. The standard InChI is InChI=1S/C25H22N2O7S2/c1-32-25(29)19-6-2-3-7-23(19)36(30,31)27(15-18-5-4-10-35-18)14-17-11-16-12-21-22(34-9-8-33-21)13-20(16)26-24(17)28/h2-7,10-13H,8-9,14-15H2,1H3,(H,26,28). The molecule has 0 atom stereocenters. The van der Waals surface area contributed by atoms with E-state index < -0.39 is 21.6 Å². The van der Waals surface area contributed by atoms with Crippen LogP contribution in [0.4, 0.5) is 0 Å². The number of sulfonamides is 1. The minimum atomic E-state index is -4.20. The number of benzene rings is 2. The summed E-state index contributed by atoms with van der Waals surface area (Å²) in [6.45, 7) is 0.647. The number of aromatic amines is 1. The lowest BCUT2D eigenvalue weighted by Gasteiger charge is -2.23. The number of hydrogen-bond acceptors (Lipinski definition) is 8. The Bertz CT molecular complexity index is 1590. The number of fused-ring (bicyclic) bond motifs is 2. The van der Waals surface area contributed by atoms with Crippen LogP contribution in [0.3, 0.4) is 0 Å². The first-order valence-electron chi connectivity index (χ1n) is 11.0. The van der Waals surface area contributed by atoms with Crippen molar-refractivity contribution >= 4 is 38.2 Å². The van der Waals surface area contributed by atoms with Gasteiger partial charge < -0.3 is 19.2 Å². The number of nitrogens with zero attached hydrogens (tertiary/aromatic N) is 1. The second kappa shape index (κ2) is 9.76. The number of carbonyl (C=O) groups is 1. The molecule has 1 aliphatic heterocycles. The highest BCUT2D eigenvalue weighted by Crippen LogP contribution is 2.34. The van der Waals surface area contributed by atoms with Crippen molar-refractivity contribution in [1.82, 2.24) is 9.29 Å². The summed E-state index contributed by atoms with van der Waals surface area (Å²) < 4.78 is 44.9. The number of H-pyrrole nitrogens is 1. The van der Waals surface area contributed by atoms with E-state index in [2.05, 4.69) is 4.98 Å². The number of carbonyl (C=O) groups excluding carboxylic acids is 1. The first-order valence-corrected chi connectivity index (χ1v) is 13.3. The van der Waals surface area contributed by atoms with Crippen LogP contribution >= 0.6 is 11.3 Å². The van der Waals surface area contributed by atoms with E-state index in [0.717, 1.165) is 4.88 Å². The molecule has 9 nitrogen and oxygen atoms in total. The van der Waals surface area contributed by atoms with E-state index in [1.165, 1.54) is 41.0 Å². The highest BCUT2D eigenvalue weighted by atomic mass is 32.2. The van der Waals surface area contributed by atoms with Gasteiger partial charge in [0.2, 0.25) is 10.0 Å². The summed E-state index contributed by atoms with van der Waals surface area (Å²) in [6, 6.07) is 14.6. The number of rotatable bonds is 7. The summed E-state index contributed by atoms with van der Waals surface area (Å²) in [4.78, 5) is 28.7. The Labute approximate surface area is 210 Å². The van der Waals surface area contributed by atoms with Gasteiger partial charge in [-0.1, -0.05) is 18.2 Å². The number of hydrogen-bond donors (Lipinski definition) is 1. The Hall–Kier alpha value is -3.67. The molecule has 0 radical (unpaired) electrons. The van der Waals surface area contributed by atoms with E-state index in [0.29, 0.717) is 35.6 Å². The normalized spacial score (nSPS) is 13.2. The molecule has 1 aliphatic rings. The van der Waals surface area contributed by atoms with Gasteiger partial charge in [0.25, 0.3) is 5.56 Å². The molecule has 186 valence electrons. The zero-order chi connectivity index (χ0) is 25.3. The second-order valence-electron chi connectivity index (χ2n) is 8.05. The molecule has 3 heterocycles. The Morgan fingerprint density at radius 1 is 1.06 bits per heavy atom. The minimum absolute atomic E-state index is 0.0219. The van der Waals surface area contributed by atoms with Gasteiger partial charge in [-0.2, -0.15) is 4.31 Å². The zero-order valence-corrected chi connectivity index (χ0v) is 20.9. The monoisotopic (exact) mass is 526 g/mol. The first-order chi connectivity index (χ1) is 17.4. The summed E-state index contributed by atoms with van der Waals surface area (Å²) in [5.41, 5.74) is 0.297. The summed E-state index contributed by atoms with van der Waals surface area (Å²) in [6.07, 6.45) is 0. The Morgan fingerprint density at radius 3 is 2.53 bits per heavy atom. The third-order valence-corrected chi connectivity index (χ3v) is 8.46. The van der Waals surface area contributed by atoms with Crippen molar-refractivity contribution in [3.8, 4) is 11.5 Å². The van der Waals surface area contributed by atoms with Crippen LogP contribution < -0.4 is 15.0 Å². The summed E-state index contributed by atoms with van der Waals surface area (Å²) in [5, 5.41) is 2.52. The van der Waals surface area contributed by atoms with Gasteiger partial charge >= 0.3 is 5.97 Å². The van der Waals surface area contributed by atoms with Crippen LogP contribution in [0, 0.1) is 0 Å². The molecule has 2 aromatic heterocycles. The summed E-state index contributed by atoms with van der Waals surface area (Å²) in [7, 11) is -3.01. The van der Waals surface area contributed by atoms with Crippen LogP contribution in [-0.4, -0.2) is 44.0 Å². The number of thiophene rings is 1. The topological polar surface area (TPSA) is 115 Å². The molecule has 0 saturated carbocycles. The fourth-order valence-corrected chi connectivity index (χ4v) is 6.38. The molecule has 0 bridgehead atoms. The Morgan fingerprint density at radius 2 is 1.81 bits per heavy atom. The molecule has 0 aliphatic carbocycles. The molecule has 0 spiro atoms. The molecule has 4 aromatic rings. The van der Waals surface area contributed by atoms with Crippen molar-refractivity contribution in [2.24, 2.45) is 0 Å². The fraction of sp³-hybridized carbons (Fsp3) is 0.200. The molecule has 1 N–H and O–H groups in total. The molecule has 5 rings (SSSR count). The van der Waals surface area contributed by atoms with Crippen molar-refractivity contribution < 1.29 is 27.4 Å². The maximum atomic E-state index is 13.8. The second-order valence-corrected chi connectivity index (χ2v) is 11.0. The van der Waals surface area contributed by atoms with Gasteiger partial charge in [-0.05, 0) is 35.7 Å². The lowest BCUT2D eigenvalue weighted by Crippen LogP contribution is -2.33. The molecule has 36 heavy (non-hydrogen) atoms. The molecule has 2 aromatic carbocycles. The van der Waals surface area contributed by atoms with E-state index in [9.17, 15) is 18.0 Å². The highest BCUT2D eigenvalue weighted by molar-refractivity contribution is 7.89. The average molecular weight is 527 g/mol. The molecule has 0 amide bonds. The van der Waals surface area contributed by atoms with Crippen molar-refractivity contribution in [3.63, 3.8) is 0 Å². The number of ether oxygens (including phenoxy) is 3. The summed E-state index contributed by atoms with van der Waals surface area (Å²) in [5.74, 6) is 0.334. The van der Waals surface area contributed by atoms with E-state index in [1.54, 1.807) is 24.3 Å². The molecular weight excluding hydrogens is 504 g/mol. The maximum absolute atomic E-state index is 13.8. The molecule has 0 fully saturated rings. The number of nitrogens with one attached hydrogen (secondary N) is 1. The van der Waals surface area contributed by atoms with Crippen molar-refractivity contribution in [3.05, 3.63) is 86.3 Å². The van der Waals surface area contributed by atoms with Crippen LogP contribution in [0.5, 0.6) is 11.5 Å². The number of pyridine rings is 1. The van der Waals surface area contributed by atoms with Gasteiger partial charge in [0.15, 0.2) is 11.5 Å². The van der Waals surface area contributed by atoms with E-state index in [1.807, 2.05) is 17.5 Å². The minimum Gasteiger partial charge on any atom is -0.486 e. The predicted octanol–water partition coefficient (Wildman–Crippen LogP) is 3.54. The highest BCUT2D eigenvalue weighted by Gasteiger charge is 2.30. The fourth-order valence-electron chi connectivity index (χ4n) is 4.01. The summed E-state index contributed by atoms with van der Waals surface area (Å²) >= 11 is 1.40. The molecular formula is C25H22N2O7S2. The van der Waals surface area contributed by atoms with Crippen LogP contribution in [0.25, 0.3) is 10.9 Å². The van der Waals surface area contributed by atoms with Crippen molar-refractivity contribution in [2.45, 2.75) is 18.0 Å². The number of methoxy groups -OCH3 is 1.